The van der Waals surface area contributed by atoms with Gasteiger partial charge >= 0.3 is 0 Å². The van der Waals surface area contributed by atoms with Gasteiger partial charge in [-0.1, -0.05) is 18.2 Å². The molecule has 2 N–H and O–H groups in total. The van der Waals surface area contributed by atoms with Gasteiger partial charge in [-0.25, -0.2) is 4.99 Å². The Hall–Kier alpha value is -1.81. The summed E-state index contributed by atoms with van der Waals surface area (Å²) in [4.78, 5) is 18.1. The summed E-state index contributed by atoms with van der Waals surface area (Å²) in [5, 5.41) is 7.01. The highest BCUT2D eigenvalue weighted by atomic mass is 127. The maximum Gasteiger partial charge on any atom is 0.241 e. The van der Waals surface area contributed by atoms with Gasteiger partial charge in [0.25, 0.3) is 0 Å². The lowest BCUT2D eigenvalue weighted by Gasteiger charge is -2.20. The quantitative estimate of drug-likeness (QED) is 0.266. The fraction of sp³-hybridized carbons (Fsp3) is 0.444. The molecule has 0 fully saturated rings. The van der Waals surface area contributed by atoms with Crippen LogP contribution in [0.15, 0.2) is 39.7 Å². The van der Waals surface area contributed by atoms with E-state index in [-0.39, 0.29) is 36.4 Å². The summed E-state index contributed by atoms with van der Waals surface area (Å²) in [6.07, 6.45) is 0. The number of hydrogen-bond donors (Lipinski definition) is 2. The number of nitrogens with one attached hydrogen (secondary N) is 2. The second kappa shape index (κ2) is 11.7. The molecule has 0 aliphatic heterocycles. The molecule has 0 saturated carbocycles. The molecule has 2 aromatic rings. The Morgan fingerprint density at radius 3 is 2.77 bits per heavy atom. The van der Waals surface area contributed by atoms with Crippen LogP contribution in [0.25, 0.3) is 11.0 Å². The van der Waals surface area contributed by atoms with Crippen LogP contribution in [0.3, 0.4) is 0 Å². The summed E-state index contributed by atoms with van der Waals surface area (Å²) >= 11 is 0. The number of carbonyl (C=O) groups is 1. The topological polar surface area (TPSA) is 79.1 Å². The van der Waals surface area contributed by atoms with E-state index >= 15 is 0 Å². The fourth-order valence-electron chi connectivity index (χ4n) is 2.39. The lowest BCUT2D eigenvalue weighted by molar-refractivity contribution is -0.119. The van der Waals surface area contributed by atoms with Crippen LogP contribution >= 0.6 is 24.0 Å². The summed E-state index contributed by atoms with van der Waals surface area (Å²) in [6, 6.07) is 9.92. The number of hydrogen-bond acceptors (Lipinski definition) is 4. The predicted octanol–water partition coefficient (Wildman–Crippen LogP) is 2.21. The first-order valence-electron chi connectivity index (χ1n) is 8.36. The number of nitrogens with zero attached hydrogens (tertiary/aromatic N) is 2. The molecule has 0 aliphatic carbocycles. The molecule has 1 aromatic carbocycles. The molecule has 0 saturated heterocycles. The Kier molecular flexibility index (Phi) is 10.0. The number of rotatable bonds is 8. The van der Waals surface area contributed by atoms with Crippen LogP contribution in [-0.2, 0) is 16.1 Å². The number of guanidine groups is 1. The molecular weight excluding hydrogens is 447 g/mol. The molecule has 1 aromatic heterocycles. The van der Waals surface area contributed by atoms with Crippen LogP contribution in [0.4, 0.5) is 0 Å². The van der Waals surface area contributed by atoms with E-state index in [1.54, 1.807) is 7.11 Å². The van der Waals surface area contributed by atoms with Crippen molar-refractivity contribution in [3.8, 4) is 0 Å². The smallest absolute Gasteiger partial charge is 0.241 e. The highest BCUT2D eigenvalue weighted by Crippen LogP contribution is 2.19. The molecule has 144 valence electrons. The Morgan fingerprint density at radius 2 is 2.08 bits per heavy atom. The van der Waals surface area contributed by atoms with Crippen molar-refractivity contribution in [2.24, 2.45) is 4.99 Å². The number of methoxy groups -OCH3 is 1. The normalized spacial score (nSPS) is 11.1. The van der Waals surface area contributed by atoms with Crippen molar-refractivity contribution in [1.29, 1.82) is 0 Å². The number of carbonyl (C=O) groups excluding carboxylic acids is 1. The zero-order valence-corrected chi connectivity index (χ0v) is 17.8. The lowest BCUT2D eigenvalue weighted by atomic mass is 10.2. The molecule has 0 bridgehead atoms. The second-order valence-corrected chi connectivity index (χ2v) is 5.62. The van der Waals surface area contributed by atoms with Crippen LogP contribution in [0.1, 0.15) is 12.7 Å². The van der Waals surface area contributed by atoms with E-state index in [4.69, 9.17) is 9.15 Å². The zero-order valence-electron chi connectivity index (χ0n) is 15.4. The van der Waals surface area contributed by atoms with Gasteiger partial charge in [0, 0.05) is 32.6 Å². The van der Waals surface area contributed by atoms with Gasteiger partial charge in [0.05, 0.1) is 13.2 Å². The van der Waals surface area contributed by atoms with Crippen molar-refractivity contribution in [3.63, 3.8) is 0 Å². The highest BCUT2D eigenvalue weighted by Gasteiger charge is 2.11. The van der Waals surface area contributed by atoms with E-state index < -0.39 is 0 Å². The summed E-state index contributed by atoms with van der Waals surface area (Å²) in [6.45, 7) is 4.30. The Bertz CT molecular complexity index is 684. The molecule has 1 heterocycles. The van der Waals surface area contributed by atoms with Gasteiger partial charge in [0.2, 0.25) is 5.91 Å². The Balaban J connectivity index is 0.00000338. The first-order valence-corrected chi connectivity index (χ1v) is 8.36. The van der Waals surface area contributed by atoms with E-state index in [0.29, 0.717) is 32.2 Å². The van der Waals surface area contributed by atoms with Crippen molar-refractivity contribution in [1.82, 2.24) is 15.5 Å². The minimum atomic E-state index is -0.135. The van der Waals surface area contributed by atoms with Gasteiger partial charge in [-0.15, -0.1) is 24.0 Å². The second-order valence-electron chi connectivity index (χ2n) is 5.62. The first kappa shape index (κ1) is 22.2. The molecule has 8 heteroatoms. The van der Waals surface area contributed by atoms with E-state index in [9.17, 15) is 4.79 Å². The maximum atomic E-state index is 11.8. The van der Waals surface area contributed by atoms with E-state index in [2.05, 4.69) is 15.6 Å². The average molecular weight is 474 g/mol. The molecule has 26 heavy (non-hydrogen) atoms. The monoisotopic (exact) mass is 474 g/mol. The van der Waals surface area contributed by atoms with E-state index in [1.165, 1.54) is 0 Å². The number of fused-ring (bicyclic) bond motifs is 1. The number of amides is 1. The summed E-state index contributed by atoms with van der Waals surface area (Å²) in [7, 11) is 3.51. The van der Waals surface area contributed by atoms with Crippen LogP contribution in [0, 0.1) is 0 Å². The predicted molar refractivity (Wildman–Crippen MR) is 114 cm³/mol. The number of para-hydroxylation sites is 1. The average Bonchev–Trinajstić information content (AvgIpc) is 3.00. The summed E-state index contributed by atoms with van der Waals surface area (Å²) < 4.78 is 10.7. The number of aliphatic imine (C=N–C) groups is 1. The van der Waals surface area contributed by atoms with Gasteiger partial charge < -0.3 is 24.7 Å². The van der Waals surface area contributed by atoms with Crippen LogP contribution < -0.4 is 10.6 Å². The Morgan fingerprint density at radius 1 is 1.31 bits per heavy atom. The minimum Gasteiger partial charge on any atom is -0.459 e. The molecule has 1 amide bonds. The van der Waals surface area contributed by atoms with Gasteiger partial charge in [-0.05, 0) is 19.1 Å². The third-order valence-corrected chi connectivity index (χ3v) is 3.57. The third-order valence-electron chi connectivity index (χ3n) is 3.57. The molecule has 0 unspecified atom stereocenters. The molecule has 0 atom stereocenters. The Labute approximate surface area is 171 Å². The maximum absolute atomic E-state index is 11.8. The van der Waals surface area contributed by atoms with Gasteiger partial charge in [0.1, 0.15) is 17.9 Å². The van der Waals surface area contributed by atoms with Crippen molar-refractivity contribution >= 4 is 46.8 Å². The van der Waals surface area contributed by atoms with E-state index in [1.807, 2.05) is 49.2 Å². The van der Waals surface area contributed by atoms with Crippen molar-refractivity contribution < 1.29 is 13.9 Å². The van der Waals surface area contributed by atoms with Crippen molar-refractivity contribution in [3.05, 3.63) is 36.1 Å². The number of ether oxygens (including phenoxy) is 1. The molecule has 7 nitrogen and oxygen atoms in total. The standard InChI is InChI=1S/C18H26N4O3.HI/c1-4-19-18(21-12-17(23)20-9-10-24-3)22(2)13-15-11-14-7-5-6-8-16(14)25-15;/h5-8,11H,4,9-10,12-13H2,1-3H3,(H,19,21)(H,20,23);1H. The lowest BCUT2D eigenvalue weighted by Crippen LogP contribution is -2.39. The van der Waals surface area contributed by atoms with Gasteiger partial charge in [-0.3, -0.25) is 4.79 Å². The first-order chi connectivity index (χ1) is 12.1. The summed E-state index contributed by atoms with van der Waals surface area (Å²) in [5.74, 6) is 1.37. The fourth-order valence-corrected chi connectivity index (χ4v) is 2.39. The largest absolute Gasteiger partial charge is 0.459 e. The van der Waals surface area contributed by atoms with Crippen molar-refractivity contribution in [2.75, 3.05) is 40.4 Å². The molecule has 0 aliphatic rings. The number of halogens is 1. The van der Waals surface area contributed by atoms with Crippen molar-refractivity contribution in [2.45, 2.75) is 13.5 Å². The van der Waals surface area contributed by atoms with Crippen LogP contribution in [-0.4, -0.2) is 57.2 Å². The zero-order chi connectivity index (χ0) is 18.1. The SMILES string of the molecule is CCNC(=NCC(=O)NCCOC)N(C)Cc1cc2ccccc2o1.I. The van der Waals surface area contributed by atoms with Gasteiger partial charge in [0.15, 0.2) is 5.96 Å². The number of furan rings is 1. The highest BCUT2D eigenvalue weighted by molar-refractivity contribution is 14.0. The van der Waals surface area contributed by atoms with Crippen LogP contribution in [0.5, 0.6) is 0 Å². The van der Waals surface area contributed by atoms with Crippen LogP contribution in [0.2, 0.25) is 0 Å². The molecule has 0 spiro atoms. The summed E-state index contributed by atoms with van der Waals surface area (Å²) in [5.41, 5.74) is 0.866. The molecule has 0 radical (unpaired) electrons. The van der Waals surface area contributed by atoms with E-state index in [0.717, 1.165) is 16.7 Å². The molecule has 2 rings (SSSR count). The molecular formula is C18H27IN4O3. The third kappa shape index (κ3) is 6.83. The number of benzene rings is 1. The minimum absolute atomic E-state index is 0. The van der Waals surface area contributed by atoms with Gasteiger partial charge in [-0.2, -0.15) is 0 Å².